The maximum Gasteiger partial charge on any atom is 0.0133 e. The molecule has 0 heterocycles. The molecule has 1 aromatic carbocycles. The minimum Gasteiger partial charge on any atom is -0.314 e. The van der Waals surface area contributed by atoms with E-state index in [0.29, 0.717) is 6.04 Å². The Balaban J connectivity index is 2.67. The first-order valence-electron chi connectivity index (χ1n) is 6.46. The largest absolute Gasteiger partial charge is 0.314 e. The zero-order valence-electron chi connectivity index (χ0n) is 11.1. The van der Waals surface area contributed by atoms with Gasteiger partial charge in [-0.25, -0.2) is 0 Å². The summed E-state index contributed by atoms with van der Waals surface area (Å²) in [6.07, 6.45) is 2.38. The molecule has 0 aromatic heterocycles. The molecule has 1 aromatic rings. The topological polar surface area (TPSA) is 12.0 Å². The summed E-state index contributed by atoms with van der Waals surface area (Å²) in [5.41, 5.74) is 2.81. The molecule has 1 N–H and O–H groups in total. The molecule has 0 aliphatic heterocycles. The van der Waals surface area contributed by atoms with Crippen molar-refractivity contribution in [3.8, 4) is 0 Å². The minimum absolute atomic E-state index is 0.608. The van der Waals surface area contributed by atoms with Gasteiger partial charge in [0.2, 0.25) is 0 Å². The van der Waals surface area contributed by atoms with Crippen molar-refractivity contribution in [3.05, 3.63) is 35.4 Å². The number of nitrogens with one attached hydrogen (secondary N) is 1. The first kappa shape index (κ1) is 13.2. The summed E-state index contributed by atoms with van der Waals surface area (Å²) in [7, 11) is 0. The highest BCUT2D eigenvalue weighted by atomic mass is 14.9. The number of hydrogen-bond donors (Lipinski definition) is 1. The van der Waals surface area contributed by atoms with Gasteiger partial charge in [-0.2, -0.15) is 0 Å². The lowest BCUT2D eigenvalue weighted by atomic mass is 9.92. The van der Waals surface area contributed by atoms with Crippen molar-refractivity contribution < 1.29 is 0 Å². The second-order valence-electron chi connectivity index (χ2n) is 4.74. The van der Waals surface area contributed by atoms with Gasteiger partial charge in [-0.05, 0) is 31.4 Å². The van der Waals surface area contributed by atoms with E-state index in [4.69, 9.17) is 0 Å². The SMILES string of the molecule is CCNC(Cc1cccc(C)c1)C(C)CC. The van der Waals surface area contributed by atoms with Crippen LogP contribution in [-0.2, 0) is 6.42 Å². The Morgan fingerprint density at radius 2 is 2.00 bits per heavy atom. The fraction of sp³-hybridized carbons (Fsp3) is 0.600. The van der Waals surface area contributed by atoms with Gasteiger partial charge in [0.25, 0.3) is 0 Å². The number of rotatable bonds is 6. The molecule has 90 valence electrons. The highest BCUT2D eigenvalue weighted by Crippen LogP contribution is 2.14. The lowest BCUT2D eigenvalue weighted by Gasteiger charge is -2.24. The van der Waals surface area contributed by atoms with Crippen LogP contribution >= 0.6 is 0 Å². The van der Waals surface area contributed by atoms with E-state index in [-0.39, 0.29) is 0 Å². The highest BCUT2D eigenvalue weighted by molar-refractivity contribution is 5.23. The molecule has 0 saturated carbocycles. The molecule has 0 aliphatic rings. The number of likely N-dealkylation sites (N-methyl/N-ethyl adjacent to an activating group) is 1. The summed E-state index contributed by atoms with van der Waals surface area (Å²) in [6.45, 7) is 10.0. The number of benzene rings is 1. The summed E-state index contributed by atoms with van der Waals surface area (Å²) in [5.74, 6) is 0.737. The molecule has 0 aliphatic carbocycles. The zero-order chi connectivity index (χ0) is 12.0. The van der Waals surface area contributed by atoms with E-state index in [0.717, 1.165) is 18.9 Å². The quantitative estimate of drug-likeness (QED) is 0.771. The molecule has 0 amide bonds. The molecule has 2 atom stereocenters. The molecular weight excluding hydrogens is 194 g/mol. The minimum atomic E-state index is 0.608. The fourth-order valence-electron chi connectivity index (χ4n) is 2.11. The Labute approximate surface area is 100 Å². The number of hydrogen-bond acceptors (Lipinski definition) is 1. The van der Waals surface area contributed by atoms with Crippen LogP contribution in [0.25, 0.3) is 0 Å². The Hall–Kier alpha value is -0.820. The first-order valence-corrected chi connectivity index (χ1v) is 6.46. The van der Waals surface area contributed by atoms with Crippen molar-refractivity contribution in [2.75, 3.05) is 6.54 Å². The van der Waals surface area contributed by atoms with Crippen LogP contribution in [0.4, 0.5) is 0 Å². The zero-order valence-corrected chi connectivity index (χ0v) is 11.1. The fourth-order valence-corrected chi connectivity index (χ4v) is 2.11. The second-order valence-corrected chi connectivity index (χ2v) is 4.74. The molecule has 1 rings (SSSR count). The van der Waals surface area contributed by atoms with Gasteiger partial charge in [-0.15, -0.1) is 0 Å². The predicted octanol–water partition coefficient (Wildman–Crippen LogP) is 3.56. The monoisotopic (exact) mass is 219 g/mol. The molecule has 0 fully saturated rings. The van der Waals surface area contributed by atoms with Crippen LogP contribution in [0.2, 0.25) is 0 Å². The lowest BCUT2D eigenvalue weighted by molar-refractivity contribution is 0.371. The Morgan fingerprint density at radius 1 is 1.25 bits per heavy atom. The van der Waals surface area contributed by atoms with Crippen LogP contribution in [0.5, 0.6) is 0 Å². The van der Waals surface area contributed by atoms with E-state index in [1.807, 2.05) is 0 Å². The van der Waals surface area contributed by atoms with Crippen LogP contribution in [0, 0.1) is 12.8 Å². The van der Waals surface area contributed by atoms with Gasteiger partial charge < -0.3 is 5.32 Å². The smallest absolute Gasteiger partial charge is 0.0133 e. The van der Waals surface area contributed by atoms with Crippen LogP contribution in [0.3, 0.4) is 0 Å². The summed E-state index contributed by atoms with van der Waals surface area (Å²) in [6, 6.07) is 9.46. The first-order chi connectivity index (χ1) is 7.67. The molecule has 2 unspecified atom stereocenters. The van der Waals surface area contributed by atoms with Gasteiger partial charge in [-0.1, -0.05) is 57.0 Å². The van der Waals surface area contributed by atoms with Crippen LogP contribution in [0.1, 0.15) is 38.3 Å². The molecule has 1 heteroatoms. The van der Waals surface area contributed by atoms with Gasteiger partial charge >= 0.3 is 0 Å². The summed E-state index contributed by atoms with van der Waals surface area (Å²) in [5, 5.41) is 3.60. The van der Waals surface area contributed by atoms with E-state index in [1.54, 1.807) is 0 Å². The third kappa shape index (κ3) is 3.97. The molecule has 0 bridgehead atoms. The van der Waals surface area contributed by atoms with Crippen LogP contribution < -0.4 is 5.32 Å². The van der Waals surface area contributed by atoms with E-state index in [1.165, 1.54) is 17.5 Å². The van der Waals surface area contributed by atoms with Gasteiger partial charge in [0, 0.05) is 6.04 Å². The Kier molecular flexibility index (Phi) is 5.54. The van der Waals surface area contributed by atoms with Crippen molar-refractivity contribution in [3.63, 3.8) is 0 Å². The maximum atomic E-state index is 3.60. The van der Waals surface area contributed by atoms with E-state index >= 15 is 0 Å². The second kappa shape index (κ2) is 6.70. The van der Waals surface area contributed by atoms with Crippen molar-refractivity contribution in [2.45, 2.75) is 46.6 Å². The van der Waals surface area contributed by atoms with E-state index in [9.17, 15) is 0 Å². The van der Waals surface area contributed by atoms with Crippen molar-refractivity contribution in [1.82, 2.24) is 5.32 Å². The highest BCUT2D eigenvalue weighted by Gasteiger charge is 2.14. The van der Waals surface area contributed by atoms with E-state index < -0.39 is 0 Å². The molecule has 0 radical (unpaired) electrons. The number of aryl methyl sites for hydroxylation is 1. The Morgan fingerprint density at radius 3 is 2.56 bits per heavy atom. The summed E-state index contributed by atoms with van der Waals surface area (Å²) >= 11 is 0. The summed E-state index contributed by atoms with van der Waals surface area (Å²) in [4.78, 5) is 0. The molecule has 16 heavy (non-hydrogen) atoms. The standard InChI is InChI=1S/C15H25N/c1-5-13(4)15(16-6-2)11-14-9-7-8-12(3)10-14/h7-10,13,15-16H,5-6,11H2,1-4H3. The normalized spacial score (nSPS) is 14.8. The molecule has 0 saturated heterocycles. The van der Waals surface area contributed by atoms with Crippen molar-refractivity contribution in [2.24, 2.45) is 5.92 Å². The van der Waals surface area contributed by atoms with Gasteiger partial charge in [-0.3, -0.25) is 0 Å². The average molecular weight is 219 g/mol. The Bertz CT molecular complexity index is 306. The molecular formula is C15H25N. The molecule has 0 spiro atoms. The van der Waals surface area contributed by atoms with Crippen LogP contribution in [0.15, 0.2) is 24.3 Å². The third-order valence-electron chi connectivity index (χ3n) is 3.34. The molecule has 1 nitrogen and oxygen atoms in total. The maximum absolute atomic E-state index is 3.60. The van der Waals surface area contributed by atoms with Crippen molar-refractivity contribution in [1.29, 1.82) is 0 Å². The van der Waals surface area contributed by atoms with Crippen LogP contribution in [-0.4, -0.2) is 12.6 Å². The van der Waals surface area contributed by atoms with Gasteiger partial charge in [0.05, 0.1) is 0 Å². The summed E-state index contributed by atoms with van der Waals surface area (Å²) < 4.78 is 0. The third-order valence-corrected chi connectivity index (χ3v) is 3.34. The lowest BCUT2D eigenvalue weighted by Crippen LogP contribution is -2.36. The predicted molar refractivity (Wildman–Crippen MR) is 71.8 cm³/mol. The van der Waals surface area contributed by atoms with Crippen molar-refractivity contribution >= 4 is 0 Å². The van der Waals surface area contributed by atoms with Gasteiger partial charge in [0.15, 0.2) is 0 Å². The average Bonchev–Trinajstić information content (AvgIpc) is 2.27. The van der Waals surface area contributed by atoms with Gasteiger partial charge in [0.1, 0.15) is 0 Å². The van der Waals surface area contributed by atoms with E-state index in [2.05, 4.69) is 57.3 Å².